The van der Waals surface area contributed by atoms with Gasteiger partial charge in [-0.25, -0.2) is 13.1 Å². The molecule has 18 heteroatoms. The minimum atomic E-state index is -3.82. The van der Waals surface area contributed by atoms with Gasteiger partial charge in [-0.2, -0.15) is 0 Å². The lowest BCUT2D eigenvalue weighted by molar-refractivity contribution is -0.132. The number of nitrogens with two attached hydrogens (primary N) is 5. The van der Waals surface area contributed by atoms with Crippen molar-refractivity contribution in [2.75, 3.05) is 32.7 Å². The van der Waals surface area contributed by atoms with Crippen LogP contribution in [-0.2, 0) is 35.6 Å². The predicted octanol–water partition coefficient (Wildman–Crippen LogP) is -1.43. The average Bonchev–Trinajstić information content (AvgIpc) is 3.07. The molecule has 0 bridgehead atoms. The number of carbonyl (C=O) groups is 4. The average molecular weight is 718 g/mol. The molecule has 0 aromatic heterocycles. The number of aliphatic imine (C=N–C) groups is 2. The van der Waals surface area contributed by atoms with Crippen LogP contribution in [-0.4, -0.2) is 88.6 Å². The number of unbranched alkanes of at least 4 members (excludes halogenated alkanes) is 2. The summed E-state index contributed by atoms with van der Waals surface area (Å²) in [5, 5.41) is 8.71. The summed E-state index contributed by atoms with van der Waals surface area (Å²) in [6.45, 7) is 1.99. The van der Waals surface area contributed by atoms with Gasteiger partial charge in [0, 0.05) is 31.4 Å². The van der Waals surface area contributed by atoms with Gasteiger partial charge in [0.2, 0.25) is 27.7 Å². The van der Waals surface area contributed by atoms with Crippen LogP contribution >= 0.6 is 0 Å². The first-order valence-electron chi connectivity index (χ1n) is 16.5. The molecule has 3 amide bonds. The maximum Gasteiger partial charge on any atom is 0.243 e. The molecule has 276 valence electrons. The third-order valence-electron chi connectivity index (χ3n) is 7.58. The van der Waals surface area contributed by atoms with Gasteiger partial charge in [0.15, 0.2) is 17.7 Å². The van der Waals surface area contributed by atoms with Crippen LogP contribution in [0.4, 0.5) is 0 Å². The molecule has 0 fully saturated rings. The van der Waals surface area contributed by atoms with Crippen molar-refractivity contribution in [1.82, 2.24) is 20.7 Å². The lowest BCUT2D eigenvalue weighted by atomic mass is 9.95. The number of guanidine groups is 2. The topological polar surface area (TPSA) is 305 Å². The number of hydrogen-bond donors (Lipinski definition) is 9. The number of Topliss-reactive ketones (excluding diaryl/α,β-unsaturated/α-hetero) is 1. The second-order valence-electron chi connectivity index (χ2n) is 11.6. The fourth-order valence-corrected chi connectivity index (χ4v) is 6.36. The third-order valence-corrected chi connectivity index (χ3v) is 9.10. The van der Waals surface area contributed by atoms with E-state index in [0.717, 1.165) is 12.8 Å². The highest BCUT2D eigenvalue weighted by Gasteiger charge is 2.27. The smallest absolute Gasteiger partial charge is 0.243 e. The molecule has 0 aliphatic carbocycles. The lowest BCUT2D eigenvalue weighted by Crippen LogP contribution is -2.53. The van der Waals surface area contributed by atoms with Gasteiger partial charge in [-0.15, -0.1) is 0 Å². The molecule has 2 aromatic rings. The summed E-state index contributed by atoms with van der Waals surface area (Å²) in [5.41, 5.74) is 27.5. The van der Waals surface area contributed by atoms with Gasteiger partial charge in [-0.05, 0) is 49.1 Å². The molecule has 0 unspecified atom stereocenters. The van der Waals surface area contributed by atoms with Crippen molar-refractivity contribution in [3.8, 4) is 0 Å². The Hall–Kier alpha value is -4.81. The van der Waals surface area contributed by atoms with E-state index in [9.17, 15) is 27.6 Å². The molecular weight excluding hydrogens is 666 g/mol. The number of sulfonamides is 1. The van der Waals surface area contributed by atoms with E-state index in [4.69, 9.17) is 28.7 Å². The van der Waals surface area contributed by atoms with Gasteiger partial charge in [-0.1, -0.05) is 50.1 Å². The van der Waals surface area contributed by atoms with E-state index in [1.54, 1.807) is 30.3 Å². The summed E-state index contributed by atoms with van der Waals surface area (Å²) >= 11 is 0. The summed E-state index contributed by atoms with van der Waals surface area (Å²) in [5.74, 6) is -2.46. The highest BCUT2D eigenvalue weighted by atomic mass is 32.2. The number of amides is 3. The van der Waals surface area contributed by atoms with Crippen LogP contribution in [0.1, 0.15) is 57.4 Å². The van der Waals surface area contributed by atoms with Gasteiger partial charge in [-0.3, -0.25) is 29.2 Å². The van der Waals surface area contributed by atoms with E-state index in [2.05, 4.69) is 30.7 Å². The molecule has 0 heterocycles. The van der Waals surface area contributed by atoms with Crippen LogP contribution in [0.25, 0.3) is 10.8 Å². The van der Waals surface area contributed by atoms with Crippen molar-refractivity contribution in [2.45, 2.75) is 75.3 Å². The van der Waals surface area contributed by atoms with Crippen molar-refractivity contribution in [3.63, 3.8) is 0 Å². The van der Waals surface area contributed by atoms with E-state index in [-0.39, 0.29) is 61.5 Å². The molecule has 17 nitrogen and oxygen atoms in total. The van der Waals surface area contributed by atoms with Gasteiger partial charge in [0.1, 0.15) is 6.04 Å². The zero-order valence-electron chi connectivity index (χ0n) is 28.5. The maximum absolute atomic E-state index is 13.9. The Balaban J connectivity index is 2.35. The van der Waals surface area contributed by atoms with Gasteiger partial charge in [0.25, 0.3) is 0 Å². The zero-order valence-corrected chi connectivity index (χ0v) is 29.3. The van der Waals surface area contributed by atoms with Gasteiger partial charge in [0.05, 0.1) is 24.0 Å². The van der Waals surface area contributed by atoms with Crippen molar-refractivity contribution in [2.24, 2.45) is 38.7 Å². The Labute approximate surface area is 292 Å². The number of nitrogens with one attached hydrogen (secondary N) is 4. The molecule has 0 aliphatic heterocycles. The Morgan fingerprint density at radius 3 is 2.02 bits per heavy atom. The second-order valence-corrected chi connectivity index (χ2v) is 13.3. The number of rotatable bonds is 23. The van der Waals surface area contributed by atoms with Crippen molar-refractivity contribution in [1.29, 1.82) is 0 Å². The van der Waals surface area contributed by atoms with E-state index in [1.807, 2.05) is 6.92 Å². The Morgan fingerprint density at radius 1 is 0.780 bits per heavy atom. The van der Waals surface area contributed by atoms with Crippen molar-refractivity contribution in [3.05, 3.63) is 42.0 Å². The zero-order chi connectivity index (χ0) is 37.1. The third kappa shape index (κ3) is 14.4. The first kappa shape index (κ1) is 41.4. The molecule has 14 N–H and O–H groups in total. The SMILES string of the molecule is CCCCCNS(=O)(=O)c1cccc2c(CC(=O)[C@H](CCCN=C(N)N)NC(=O)[C@H](CCCN=C(N)N)NC(=O)CNC(=O)CN)cccc12. The second kappa shape index (κ2) is 21.3. The lowest BCUT2D eigenvalue weighted by Gasteiger charge is -2.23. The number of carbonyl (C=O) groups excluding carboxylic acids is 4. The Morgan fingerprint density at radius 2 is 1.40 bits per heavy atom. The summed E-state index contributed by atoms with van der Waals surface area (Å²) in [4.78, 5) is 59.6. The van der Waals surface area contributed by atoms with Gasteiger partial charge >= 0.3 is 0 Å². The number of benzene rings is 2. The maximum atomic E-state index is 13.9. The largest absolute Gasteiger partial charge is 0.370 e. The molecule has 50 heavy (non-hydrogen) atoms. The van der Waals surface area contributed by atoms with Crippen LogP contribution in [0.5, 0.6) is 0 Å². The molecule has 2 atom stereocenters. The fourth-order valence-electron chi connectivity index (χ4n) is 5.06. The summed E-state index contributed by atoms with van der Waals surface area (Å²) in [6, 6.07) is 7.85. The number of hydrogen-bond acceptors (Lipinski definition) is 9. The molecular formula is C32H51N11O6S. The monoisotopic (exact) mass is 717 g/mol. The molecule has 0 spiro atoms. The Bertz CT molecular complexity index is 1620. The minimum absolute atomic E-state index is 0.102. The van der Waals surface area contributed by atoms with Crippen LogP contribution < -0.4 is 49.3 Å². The van der Waals surface area contributed by atoms with Crippen molar-refractivity contribution >= 4 is 56.2 Å². The number of nitrogens with zero attached hydrogens (tertiary/aromatic N) is 2. The summed E-state index contributed by atoms with van der Waals surface area (Å²) in [7, 11) is -3.82. The van der Waals surface area contributed by atoms with E-state index in [0.29, 0.717) is 42.1 Å². The van der Waals surface area contributed by atoms with Gasteiger partial charge < -0.3 is 44.6 Å². The molecule has 2 rings (SSSR count). The number of fused-ring (bicyclic) bond motifs is 1. The van der Waals surface area contributed by atoms with Crippen LogP contribution in [0.15, 0.2) is 51.3 Å². The van der Waals surface area contributed by atoms with Crippen LogP contribution in [0.2, 0.25) is 0 Å². The molecule has 0 radical (unpaired) electrons. The standard InChI is InChI=1S/C32H51N11O6S/c1-2-3-4-17-41-50(48,49)27-14-6-10-22-21(9-5-11-23(22)27)18-26(44)24(12-7-15-38-31(34)35)43-30(47)25(13-8-16-39-32(36)37)42-29(46)20-40-28(45)19-33/h5-6,9-11,14,24-25,41H,2-4,7-8,12-13,15-20,33H2,1H3,(H,40,45)(H,42,46)(H,43,47)(H4,34,35,38)(H4,36,37,39)/t24-,25-/m0/s1. The number of ketones is 1. The highest BCUT2D eigenvalue weighted by molar-refractivity contribution is 7.89. The van der Waals surface area contributed by atoms with E-state index < -0.39 is 46.4 Å². The van der Waals surface area contributed by atoms with Crippen LogP contribution in [0, 0.1) is 0 Å². The fraction of sp³-hybridized carbons (Fsp3) is 0.500. The summed E-state index contributed by atoms with van der Waals surface area (Å²) < 4.78 is 29.0. The molecule has 0 saturated heterocycles. The molecule has 2 aromatic carbocycles. The predicted molar refractivity (Wildman–Crippen MR) is 193 cm³/mol. The minimum Gasteiger partial charge on any atom is -0.370 e. The molecule has 0 saturated carbocycles. The molecule has 0 aliphatic rings. The van der Waals surface area contributed by atoms with Crippen molar-refractivity contribution < 1.29 is 27.6 Å². The van der Waals surface area contributed by atoms with E-state index >= 15 is 0 Å². The van der Waals surface area contributed by atoms with E-state index in [1.165, 1.54) is 6.07 Å². The highest BCUT2D eigenvalue weighted by Crippen LogP contribution is 2.27. The Kier molecular flexibility index (Phi) is 17.6. The summed E-state index contributed by atoms with van der Waals surface area (Å²) in [6.07, 6.45) is 3.34. The van der Waals surface area contributed by atoms with Crippen LogP contribution in [0.3, 0.4) is 0 Å². The first-order chi connectivity index (χ1) is 23.8. The quantitative estimate of drug-likeness (QED) is 0.0365. The normalized spacial score (nSPS) is 12.4. The first-order valence-corrected chi connectivity index (χ1v) is 18.0.